The van der Waals surface area contributed by atoms with Crippen LogP contribution in [0.5, 0.6) is 0 Å². The maximum absolute atomic E-state index is 9.51. The second-order valence-corrected chi connectivity index (χ2v) is 3.39. The summed E-state index contributed by atoms with van der Waals surface area (Å²) < 4.78 is 5.18. The quantitative estimate of drug-likeness (QED) is 0.289. The van der Waals surface area contributed by atoms with Crippen LogP contribution in [0.1, 0.15) is 0 Å². The Balaban J connectivity index is 1.94. The van der Waals surface area contributed by atoms with Crippen molar-refractivity contribution < 1.29 is 14.9 Å². The van der Waals surface area contributed by atoms with E-state index in [-0.39, 0.29) is 24.3 Å². The molecule has 2 bridgehead atoms. The zero-order valence-corrected chi connectivity index (χ0v) is 5.77. The Morgan fingerprint density at radius 3 is 2.45 bits per heavy atom. The number of nitrogens with one attached hydrogen (secondary N) is 2. The van der Waals surface area contributed by atoms with Crippen LogP contribution in [-0.4, -0.2) is 46.7 Å². The van der Waals surface area contributed by atoms with Gasteiger partial charge in [-0.2, -0.15) is 0 Å². The Morgan fingerprint density at radius 2 is 1.64 bits per heavy atom. The predicted octanol–water partition coefficient (Wildman–Crippen LogP) is -2.67. The summed E-state index contributed by atoms with van der Waals surface area (Å²) in [6, 6.07) is -0.294. The van der Waals surface area contributed by atoms with Crippen molar-refractivity contribution in [3.05, 3.63) is 0 Å². The Bertz CT molecular complexity index is 196. The molecule has 6 atom stereocenters. The molecule has 1 aliphatic carbocycles. The van der Waals surface area contributed by atoms with Crippen molar-refractivity contribution in [2.75, 3.05) is 0 Å². The Hall–Kier alpha value is -0.200. The van der Waals surface area contributed by atoms with Gasteiger partial charge in [0.15, 0.2) is 0 Å². The number of ether oxygens (including phenoxy) is 1. The number of hydrogen-bond donors (Lipinski definition) is 4. The third-order valence-corrected chi connectivity index (χ3v) is 2.77. The monoisotopic (exact) mass is 158 g/mol. The van der Waals surface area contributed by atoms with E-state index in [9.17, 15) is 10.2 Å². The van der Waals surface area contributed by atoms with Crippen molar-refractivity contribution in [2.45, 2.75) is 36.5 Å². The fourth-order valence-corrected chi connectivity index (χ4v) is 2.05. The van der Waals surface area contributed by atoms with Crippen LogP contribution in [0.2, 0.25) is 0 Å². The van der Waals surface area contributed by atoms with Crippen LogP contribution < -0.4 is 10.9 Å². The van der Waals surface area contributed by atoms with Crippen LogP contribution in [0.4, 0.5) is 0 Å². The Labute approximate surface area is 63.3 Å². The van der Waals surface area contributed by atoms with Crippen LogP contribution in [0.15, 0.2) is 0 Å². The minimum absolute atomic E-state index is 0.00579. The summed E-state index contributed by atoms with van der Waals surface area (Å²) in [5.41, 5.74) is 5.75. The van der Waals surface area contributed by atoms with Gasteiger partial charge >= 0.3 is 0 Å². The van der Waals surface area contributed by atoms with Crippen LogP contribution in [0.3, 0.4) is 0 Å². The summed E-state index contributed by atoms with van der Waals surface area (Å²) in [5.74, 6) is 0. The molecule has 0 spiro atoms. The van der Waals surface area contributed by atoms with Gasteiger partial charge in [-0.05, 0) is 0 Å². The van der Waals surface area contributed by atoms with Gasteiger partial charge < -0.3 is 14.9 Å². The van der Waals surface area contributed by atoms with Gasteiger partial charge in [-0.3, -0.25) is 0 Å². The summed E-state index contributed by atoms with van der Waals surface area (Å²) in [4.78, 5) is 0. The number of aliphatic hydroxyl groups excluding tert-OH is 2. The van der Waals surface area contributed by atoms with E-state index >= 15 is 0 Å². The second-order valence-electron chi connectivity index (χ2n) is 3.39. The molecule has 5 heteroatoms. The van der Waals surface area contributed by atoms with Crippen molar-refractivity contribution in [3.63, 3.8) is 0 Å². The summed E-state index contributed by atoms with van der Waals surface area (Å²) in [5, 5.41) is 19.0. The molecule has 3 rings (SSSR count). The third-order valence-electron chi connectivity index (χ3n) is 2.77. The maximum Gasteiger partial charge on any atom is 0.113 e. The highest BCUT2D eigenvalue weighted by molar-refractivity contribution is 5.15. The largest absolute Gasteiger partial charge is 0.390 e. The molecule has 0 radical (unpaired) electrons. The number of hydrazine groups is 1. The zero-order chi connectivity index (χ0) is 7.59. The van der Waals surface area contributed by atoms with Crippen LogP contribution >= 0.6 is 0 Å². The van der Waals surface area contributed by atoms with E-state index in [0.29, 0.717) is 0 Å². The lowest BCUT2D eigenvalue weighted by Crippen LogP contribution is -2.50. The van der Waals surface area contributed by atoms with Crippen molar-refractivity contribution in [3.8, 4) is 0 Å². The first kappa shape index (κ1) is 6.33. The molecule has 6 unspecified atom stereocenters. The summed E-state index contributed by atoms with van der Waals surface area (Å²) in [7, 11) is 0. The van der Waals surface area contributed by atoms with Gasteiger partial charge in [-0.1, -0.05) is 0 Å². The van der Waals surface area contributed by atoms with E-state index in [1.807, 2.05) is 0 Å². The van der Waals surface area contributed by atoms with Gasteiger partial charge in [0, 0.05) is 0 Å². The van der Waals surface area contributed by atoms with E-state index in [1.165, 1.54) is 0 Å². The van der Waals surface area contributed by atoms with E-state index in [4.69, 9.17) is 4.74 Å². The van der Waals surface area contributed by atoms with E-state index < -0.39 is 12.2 Å². The molecule has 5 nitrogen and oxygen atoms in total. The van der Waals surface area contributed by atoms with Crippen molar-refractivity contribution in [1.29, 1.82) is 0 Å². The number of rotatable bonds is 0. The van der Waals surface area contributed by atoms with Gasteiger partial charge in [-0.25, -0.2) is 10.9 Å². The summed E-state index contributed by atoms with van der Waals surface area (Å²) in [6.07, 6.45) is -1.14. The van der Waals surface area contributed by atoms with Crippen molar-refractivity contribution in [1.82, 2.24) is 10.9 Å². The molecule has 0 aromatic carbocycles. The van der Waals surface area contributed by atoms with Crippen LogP contribution in [0, 0.1) is 0 Å². The second kappa shape index (κ2) is 1.75. The van der Waals surface area contributed by atoms with E-state index in [2.05, 4.69) is 10.9 Å². The molecule has 2 saturated heterocycles. The lowest BCUT2D eigenvalue weighted by Gasteiger charge is -2.24. The number of hydrogen-bond acceptors (Lipinski definition) is 5. The standard InChI is InChI=1S/C6H10N2O3/c9-3-1-4(10)6-5(11-6)2(3)8-7-1/h1-10H. The first-order valence-electron chi connectivity index (χ1n) is 3.82. The molecular formula is C6H10N2O3. The summed E-state index contributed by atoms with van der Waals surface area (Å²) in [6.45, 7) is 0. The highest BCUT2D eigenvalue weighted by atomic mass is 16.6. The number of aliphatic hydroxyl groups is 2. The van der Waals surface area contributed by atoms with Gasteiger partial charge in [0.25, 0.3) is 0 Å². The lowest BCUT2D eigenvalue weighted by molar-refractivity contribution is 0.0353. The highest BCUT2D eigenvalue weighted by Crippen LogP contribution is 2.39. The summed E-state index contributed by atoms with van der Waals surface area (Å²) >= 11 is 0. The molecular weight excluding hydrogens is 148 g/mol. The van der Waals surface area contributed by atoms with Gasteiger partial charge in [-0.15, -0.1) is 0 Å². The van der Waals surface area contributed by atoms with Crippen molar-refractivity contribution >= 4 is 0 Å². The molecule has 1 saturated carbocycles. The minimum Gasteiger partial charge on any atom is -0.390 e. The average Bonchev–Trinajstić information content (AvgIpc) is 2.68. The molecule has 11 heavy (non-hydrogen) atoms. The fourth-order valence-electron chi connectivity index (χ4n) is 2.05. The highest BCUT2D eigenvalue weighted by Gasteiger charge is 2.63. The molecule has 2 aliphatic heterocycles. The molecule has 2 heterocycles. The molecule has 62 valence electrons. The normalized spacial score (nSPS) is 66.0. The molecule has 3 aliphatic rings. The molecule has 0 aromatic rings. The Morgan fingerprint density at radius 1 is 0.909 bits per heavy atom. The van der Waals surface area contributed by atoms with Gasteiger partial charge in [0.1, 0.15) is 18.3 Å². The minimum atomic E-state index is -0.568. The maximum atomic E-state index is 9.51. The topological polar surface area (TPSA) is 77.0 Å². The number of epoxide rings is 1. The molecule has 3 fully saturated rings. The van der Waals surface area contributed by atoms with E-state index in [0.717, 1.165) is 0 Å². The molecule has 0 amide bonds. The van der Waals surface area contributed by atoms with Crippen molar-refractivity contribution in [2.24, 2.45) is 0 Å². The molecule has 4 N–H and O–H groups in total. The third kappa shape index (κ3) is 0.629. The Kier molecular flexibility index (Phi) is 1.01. The first-order chi connectivity index (χ1) is 5.29. The molecule has 0 aromatic heterocycles. The van der Waals surface area contributed by atoms with E-state index in [1.54, 1.807) is 0 Å². The van der Waals surface area contributed by atoms with Crippen LogP contribution in [-0.2, 0) is 4.74 Å². The SMILES string of the molecule is OC1C2NNC1C1OC1C2O. The average molecular weight is 158 g/mol. The van der Waals surface area contributed by atoms with Gasteiger partial charge in [0.05, 0.1) is 18.2 Å². The zero-order valence-electron chi connectivity index (χ0n) is 5.77. The number of fused-ring (bicyclic) bond motifs is 4. The fraction of sp³-hybridized carbons (Fsp3) is 1.00. The predicted molar refractivity (Wildman–Crippen MR) is 34.5 cm³/mol. The first-order valence-corrected chi connectivity index (χ1v) is 3.82. The smallest absolute Gasteiger partial charge is 0.113 e. The van der Waals surface area contributed by atoms with Gasteiger partial charge in [0.2, 0.25) is 0 Å². The lowest BCUT2D eigenvalue weighted by atomic mass is 9.89. The van der Waals surface area contributed by atoms with Crippen LogP contribution in [0.25, 0.3) is 0 Å².